The van der Waals surface area contributed by atoms with Crippen molar-refractivity contribution in [3.05, 3.63) is 79.2 Å². The van der Waals surface area contributed by atoms with E-state index in [1.807, 2.05) is 6.07 Å². The molecule has 0 saturated carbocycles. The zero-order valence-electron chi connectivity index (χ0n) is 47.9. The van der Waals surface area contributed by atoms with Crippen LogP contribution in [-0.2, 0) is 50.1 Å². The molecule has 0 amide bonds. The van der Waals surface area contributed by atoms with Gasteiger partial charge in [-0.1, -0.05) is 120 Å². The fourth-order valence-electron chi connectivity index (χ4n) is 8.89. The van der Waals surface area contributed by atoms with E-state index in [1.54, 1.807) is 0 Å². The summed E-state index contributed by atoms with van der Waals surface area (Å²) in [5.41, 5.74) is 7.83. The third kappa shape index (κ3) is 13.8. The van der Waals surface area contributed by atoms with E-state index in [-0.39, 0.29) is 73.3 Å². The summed E-state index contributed by atoms with van der Waals surface area (Å²) < 4.78 is 53.5. The van der Waals surface area contributed by atoms with Crippen LogP contribution in [0.5, 0.6) is 0 Å². The summed E-state index contributed by atoms with van der Waals surface area (Å²) in [6.45, 7) is 44.4. The highest BCUT2D eigenvalue weighted by molar-refractivity contribution is 9.11. The van der Waals surface area contributed by atoms with Crippen molar-refractivity contribution in [3.63, 3.8) is 0 Å². The minimum absolute atomic E-state index is 0.349. The first-order valence-corrected chi connectivity index (χ1v) is 28.3. The maximum absolute atomic E-state index is 6.56. The average molecular weight is 1110 g/mol. The minimum Gasteiger partial charge on any atom is -0.399 e. The number of hydrogen-bond donors (Lipinski definition) is 0. The zero-order chi connectivity index (χ0) is 53.3. The number of hydrogen-bond acceptors (Lipinski definition) is 8. The molecule has 0 unspecified atom stereocenters. The number of rotatable bonds is 14. The van der Waals surface area contributed by atoms with Crippen LogP contribution < -0.4 is 21.9 Å². The Kier molecular flexibility index (Phi) is 19.6. The van der Waals surface area contributed by atoms with E-state index in [0.717, 1.165) is 29.3 Å². The Bertz CT molecular complexity index is 2050. The predicted molar refractivity (Wildman–Crippen MR) is 307 cm³/mol. The maximum atomic E-state index is 6.56. The quantitative estimate of drug-likeness (QED) is 0.117. The first-order chi connectivity index (χ1) is 32.6. The Morgan fingerprint density at radius 1 is 0.366 bits per heavy atom. The highest BCUT2D eigenvalue weighted by Crippen LogP contribution is 2.41. The zero-order valence-corrected chi connectivity index (χ0v) is 51.1. The molecule has 0 aromatic heterocycles. The Morgan fingerprint density at radius 3 is 0.873 bits per heavy atom. The van der Waals surface area contributed by atoms with Gasteiger partial charge in [-0.3, -0.25) is 0 Å². The van der Waals surface area contributed by atoms with Crippen molar-refractivity contribution in [2.24, 2.45) is 0 Å². The van der Waals surface area contributed by atoms with E-state index in [4.69, 9.17) is 37.2 Å². The van der Waals surface area contributed by atoms with Gasteiger partial charge in [0.1, 0.15) is 0 Å². The van der Waals surface area contributed by atoms with Crippen LogP contribution in [0, 0.1) is 20.8 Å². The van der Waals surface area contributed by atoms with Crippen LogP contribution in [0.25, 0.3) is 0 Å². The van der Waals surface area contributed by atoms with Crippen molar-refractivity contribution >= 4 is 82.2 Å². The van der Waals surface area contributed by atoms with Gasteiger partial charge in [0.15, 0.2) is 0 Å². The highest BCUT2D eigenvalue weighted by atomic mass is 79.9. The predicted octanol–water partition coefficient (Wildman–Crippen LogP) is 13.0. The second-order valence-electron chi connectivity index (χ2n) is 24.6. The van der Waals surface area contributed by atoms with Crippen LogP contribution in [-0.4, -0.2) is 73.3 Å². The lowest BCUT2D eigenvalue weighted by Gasteiger charge is -2.32. The number of halogens is 2. The molecule has 4 saturated heterocycles. The van der Waals surface area contributed by atoms with E-state index in [9.17, 15) is 0 Å². The van der Waals surface area contributed by atoms with Crippen molar-refractivity contribution < 1.29 is 37.2 Å². The van der Waals surface area contributed by atoms with Crippen molar-refractivity contribution in [3.8, 4) is 0 Å². The molecular formula is C57H90B4Br2O8. The fourth-order valence-corrected chi connectivity index (χ4v) is 9.81. The molecule has 3 aromatic rings. The van der Waals surface area contributed by atoms with Crippen LogP contribution in [0.2, 0.25) is 0 Å². The number of benzene rings is 3. The SMILES string of the molecule is CCCCCCc1cc(B2OC(C)(C)C(C)(C)O2)c(CCCCCC)cc1B1OC(C)(C)C(C)(C)O1.Cc1c(B2OC(C)(C)C(C)(C)O2)cccc1B1OC(C)(C)C(C)(C)O1.Cc1cc(Br)c(C)cc1Br. The molecule has 0 N–H and O–H groups in total. The fraction of sp³-hybridized carbons (Fsp3) is 0.684. The van der Waals surface area contributed by atoms with Gasteiger partial charge in [-0.05, 0) is 213 Å². The van der Waals surface area contributed by atoms with E-state index < -0.39 is 0 Å². The smallest absolute Gasteiger partial charge is 0.399 e. The molecule has 8 nitrogen and oxygen atoms in total. The van der Waals surface area contributed by atoms with Crippen molar-refractivity contribution in [1.29, 1.82) is 0 Å². The van der Waals surface area contributed by atoms with Crippen LogP contribution >= 0.6 is 31.9 Å². The summed E-state index contributed by atoms with van der Waals surface area (Å²) in [4.78, 5) is 0. The van der Waals surface area contributed by atoms with Crippen LogP contribution in [0.3, 0.4) is 0 Å². The lowest BCUT2D eigenvalue weighted by molar-refractivity contribution is 0.00578. The number of aryl methyl sites for hydroxylation is 4. The molecule has 7 rings (SSSR count). The summed E-state index contributed by atoms with van der Waals surface area (Å²) in [6, 6.07) is 15.1. The van der Waals surface area contributed by atoms with Crippen molar-refractivity contribution in [2.45, 2.75) is 254 Å². The van der Waals surface area contributed by atoms with Gasteiger partial charge in [-0.15, -0.1) is 0 Å². The van der Waals surface area contributed by atoms with Gasteiger partial charge in [0, 0.05) is 8.95 Å². The minimum atomic E-state index is -0.382. The Labute approximate surface area is 450 Å². The Morgan fingerprint density at radius 2 is 0.620 bits per heavy atom. The molecule has 4 aliphatic heterocycles. The molecule has 71 heavy (non-hydrogen) atoms. The topological polar surface area (TPSA) is 73.8 Å². The van der Waals surface area contributed by atoms with E-state index in [0.29, 0.717) is 0 Å². The van der Waals surface area contributed by atoms with E-state index in [2.05, 4.69) is 214 Å². The summed E-state index contributed by atoms with van der Waals surface area (Å²) in [5.74, 6) is 0. The first kappa shape index (κ1) is 60.4. The lowest BCUT2D eigenvalue weighted by Crippen LogP contribution is -2.44. The van der Waals surface area contributed by atoms with Gasteiger partial charge in [0.25, 0.3) is 0 Å². The van der Waals surface area contributed by atoms with Gasteiger partial charge in [-0.2, -0.15) is 0 Å². The third-order valence-corrected chi connectivity index (χ3v) is 18.6. The largest absolute Gasteiger partial charge is 0.495 e. The monoisotopic (exact) mass is 1100 g/mol. The molecule has 0 spiro atoms. The molecule has 4 heterocycles. The third-order valence-electron chi connectivity index (χ3n) is 16.9. The molecule has 0 atom stereocenters. The molecule has 0 radical (unpaired) electrons. The molecule has 14 heteroatoms. The van der Waals surface area contributed by atoms with E-state index >= 15 is 0 Å². The normalized spacial score (nSPS) is 21.8. The molecular weight excluding hydrogens is 1020 g/mol. The highest BCUT2D eigenvalue weighted by Gasteiger charge is 2.56. The van der Waals surface area contributed by atoms with Crippen LogP contribution in [0.4, 0.5) is 0 Å². The molecule has 392 valence electrons. The van der Waals surface area contributed by atoms with Gasteiger partial charge < -0.3 is 37.2 Å². The Balaban J connectivity index is 0.000000230. The molecule has 0 bridgehead atoms. The first-order valence-electron chi connectivity index (χ1n) is 26.7. The second-order valence-corrected chi connectivity index (χ2v) is 26.3. The molecule has 4 aliphatic rings. The lowest BCUT2D eigenvalue weighted by atomic mass is 9.67. The van der Waals surface area contributed by atoms with Crippen LogP contribution in [0.1, 0.15) is 204 Å². The summed E-state index contributed by atoms with van der Waals surface area (Å²) in [5, 5.41) is 0. The van der Waals surface area contributed by atoms with Gasteiger partial charge >= 0.3 is 28.5 Å². The summed E-state index contributed by atoms with van der Waals surface area (Å²) in [6.07, 6.45) is 11.9. The van der Waals surface area contributed by atoms with Crippen LogP contribution in [0.15, 0.2) is 51.4 Å². The average Bonchev–Trinajstić information content (AvgIpc) is 3.80. The van der Waals surface area contributed by atoms with E-state index in [1.165, 1.54) is 93.5 Å². The Hall–Kier alpha value is -1.44. The number of unbranched alkanes of at least 4 members (excludes halogenated alkanes) is 6. The van der Waals surface area contributed by atoms with Crippen molar-refractivity contribution in [1.82, 2.24) is 0 Å². The molecule has 3 aromatic carbocycles. The molecule has 0 aliphatic carbocycles. The van der Waals surface area contributed by atoms with Crippen molar-refractivity contribution in [2.75, 3.05) is 0 Å². The maximum Gasteiger partial charge on any atom is 0.495 e. The summed E-state index contributed by atoms with van der Waals surface area (Å²) in [7, 11) is -1.46. The standard InChI is InChI=1S/C30H52B2O4.C19H30B2O4.C8H8Br2/c1-11-13-15-17-19-23-21-26(32-35-29(7,8)30(9,10)36-32)24(20-18-16-14-12-2)22-25(23)31-33-27(3,4)28(5,6)34-31;1-13-14(20-22-16(2,3)17(4,5)23-20)11-10-12-15(13)21-24-18(6,7)19(8,9)25-21;1-5-3-8(10)6(2)4-7(5)9/h21-22H,11-20H2,1-10H3;10-12H,1-9H3;3-4H,1-2H3. The second kappa shape index (κ2) is 23.0. The van der Waals surface area contributed by atoms with Gasteiger partial charge in [0.05, 0.1) is 44.8 Å². The molecule has 4 fully saturated rings. The van der Waals surface area contributed by atoms with Gasteiger partial charge in [0.2, 0.25) is 0 Å². The summed E-state index contributed by atoms with van der Waals surface area (Å²) >= 11 is 6.92. The van der Waals surface area contributed by atoms with Gasteiger partial charge in [-0.25, -0.2) is 0 Å².